The summed E-state index contributed by atoms with van der Waals surface area (Å²) in [4.78, 5) is 12.0. The molecule has 1 aliphatic heterocycles. The molecule has 1 atom stereocenters. The first-order valence-corrected chi connectivity index (χ1v) is 6.60. The molecule has 1 saturated heterocycles. The zero-order valence-electron chi connectivity index (χ0n) is 11.1. The maximum absolute atomic E-state index is 12.0. The number of rotatable bonds is 5. The number of carbonyl (C=O) groups excluding carboxylic acids is 1. The molecule has 4 nitrogen and oxygen atoms in total. The molecule has 0 unspecified atom stereocenters. The van der Waals surface area contributed by atoms with Gasteiger partial charge >= 0.3 is 6.03 Å². The molecule has 1 aromatic carbocycles. The fraction of sp³-hybridized carbons (Fsp3) is 0.500. The number of carbonyl (C=O) groups is 1. The van der Waals surface area contributed by atoms with E-state index in [0.717, 1.165) is 18.5 Å². The molecule has 0 radical (unpaired) electrons. The zero-order valence-corrected chi connectivity index (χ0v) is 11.1. The summed E-state index contributed by atoms with van der Waals surface area (Å²) in [6, 6.07) is 9.56. The second-order valence-electron chi connectivity index (χ2n) is 5.00. The van der Waals surface area contributed by atoms with Crippen molar-refractivity contribution in [2.75, 3.05) is 5.01 Å². The summed E-state index contributed by atoms with van der Waals surface area (Å²) in [6.45, 7) is 4.21. The summed E-state index contributed by atoms with van der Waals surface area (Å²) >= 11 is 0. The molecule has 0 aliphatic carbocycles. The summed E-state index contributed by atoms with van der Waals surface area (Å²) in [7, 11) is 0. The Morgan fingerprint density at radius 2 is 1.94 bits per heavy atom. The van der Waals surface area contributed by atoms with Crippen LogP contribution in [0.2, 0.25) is 0 Å². The maximum atomic E-state index is 12.0. The van der Waals surface area contributed by atoms with Crippen molar-refractivity contribution in [2.24, 2.45) is 0 Å². The van der Waals surface area contributed by atoms with E-state index in [1.807, 2.05) is 37.3 Å². The van der Waals surface area contributed by atoms with E-state index in [-0.39, 0.29) is 11.7 Å². The largest absolute Gasteiger partial charge is 0.338 e. The van der Waals surface area contributed by atoms with Gasteiger partial charge in [-0.05, 0) is 31.9 Å². The highest BCUT2D eigenvalue weighted by molar-refractivity contribution is 5.93. The van der Waals surface area contributed by atoms with Crippen molar-refractivity contribution in [3.05, 3.63) is 30.3 Å². The molecule has 2 rings (SSSR count). The predicted octanol–water partition coefficient (Wildman–Crippen LogP) is 3.02. The van der Waals surface area contributed by atoms with Crippen molar-refractivity contribution < 1.29 is 4.79 Å². The van der Waals surface area contributed by atoms with E-state index in [0.29, 0.717) is 0 Å². The van der Waals surface area contributed by atoms with Crippen LogP contribution in [0.5, 0.6) is 0 Å². The highest BCUT2D eigenvalue weighted by Gasteiger charge is 2.38. The van der Waals surface area contributed by atoms with Gasteiger partial charge in [-0.1, -0.05) is 38.0 Å². The van der Waals surface area contributed by atoms with E-state index in [2.05, 4.69) is 17.7 Å². The SMILES string of the molecule is CCCCC[C@]1(C)NC(=O)N(c2ccccc2)N1. The van der Waals surface area contributed by atoms with Gasteiger partial charge in [0.15, 0.2) is 0 Å². The van der Waals surface area contributed by atoms with Gasteiger partial charge in [0.25, 0.3) is 0 Å². The smallest absolute Gasteiger partial charge is 0.317 e. The third-order valence-electron chi connectivity index (χ3n) is 3.24. The van der Waals surface area contributed by atoms with Crippen molar-refractivity contribution in [3.63, 3.8) is 0 Å². The summed E-state index contributed by atoms with van der Waals surface area (Å²) < 4.78 is 0. The monoisotopic (exact) mass is 247 g/mol. The molecule has 0 spiro atoms. The van der Waals surface area contributed by atoms with Crippen LogP contribution in [0.4, 0.5) is 10.5 Å². The van der Waals surface area contributed by atoms with Crippen molar-refractivity contribution >= 4 is 11.7 Å². The number of unbranched alkanes of at least 4 members (excludes halogenated alkanes) is 2. The summed E-state index contributed by atoms with van der Waals surface area (Å²) in [5.74, 6) is 0. The summed E-state index contributed by atoms with van der Waals surface area (Å²) in [6.07, 6.45) is 4.43. The fourth-order valence-electron chi connectivity index (χ4n) is 2.22. The fourth-order valence-corrected chi connectivity index (χ4v) is 2.22. The van der Waals surface area contributed by atoms with Gasteiger partial charge in [-0.3, -0.25) is 0 Å². The highest BCUT2D eigenvalue weighted by Crippen LogP contribution is 2.22. The number of benzene rings is 1. The van der Waals surface area contributed by atoms with Crippen molar-refractivity contribution in [2.45, 2.75) is 45.2 Å². The van der Waals surface area contributed by atoms with Gasteiger partial charge in [-0.25, -0.2) is 15.2 Å². The molecular formula is C14H21N3O. The molecular weight excluding hydrogens is 226 g/mol. The molecule has 1 fully saturated rings. The molecule has 18 heavy (non-hydrogen) atoms. The standard InChI is InChI=1S/C14H21N3O/c1-3-4-8-11-14(2)15-13(18)17(16-14)12-9-6-5-7-10-12/h5-7,9-10,16H,3-4,8,11H2,1-2H3,(H,15,18)/t14-/m1/s1. The lowest BCUT2D eigenvalue weighted by Crippen LogP contribution is -2.48. The van der Waals surface area contributed by atoms with Crippen LogP contribution in [-0.4, -0.2) is 11.7 Å². The minimum atomic E-state index is -0.331. The number of anilines is 1. The van der Waals surface area contributed by atoms with Crippen molar-refractivity contribution in [1.82, 2.24) is 10.7 Å². The molecule has 1 heterocycles. The number of amides is 2. The van der Waals surface area contributed by atoms with E-state index in [9.17, 15) is 4.79 Å². The molecule has 4 heteroatoms. The van der Waals surface area contributed by atoms with E-state index >= 15 is 0 Å². The van der Waals surface area contributed by atoms with Crippen molar-refractivity contribution in [1.29, 1.82) is 0 Å². The third kappa shape index (κ3) is 2.82. The molecule has 1 aliphatic rings. The number of para-hydroxylation sites is 1. The van der Waals surface area contributed by atoms with E-state index in [1.54, 1.807) is 5.01 Å². The molecule has 2 N–H and O–H groups in total. The van der Waals surface area contributed by atoms with Gasteiger partial charge in [0.05, 0.1) is 5.69 Å². The average Bonchev–Trinajstić information content (AvgIpc) is 2.67. The first kappa shape index (κ1) is 12.9. The maximum Gasteiger partial charge on any atom is 0.338 e. The van der Waals surface area contributed by atoms with Crippen molar-refractivity contribution in [3.8, 4) is 0 Å². The molecule has 98 valence electrons. The lowest BCUT2D eigenvalue weighted by molar-refractivity contribution is 0.246. The second-order valence-corrected chi connectivity index (χ2v) is 5.00. The Balaban J connectivity index is 2.02. The minimum absolute atomic E-state index is 0.0831. The van der Waals surface area contributed by atoms with Gasteiger partial charge in [0.2, 0.25) is 0 Å². The zero-order chi connectivity index (χ0) is 13.0. The van der Waals surface area contributed by atoms with Crippen LogP contribution in [0, 0.1) is 0 Å². The van der Waals surface area contributed by atoms with E-state index in [4.69, 9.17) is 0 Å². The molecule has 1 aromatic rings. The number of nitrogens with one attached hydrogen (secondary N) is 2. The van der Waals surface area contributed by atoms with Gasteiger partial charge < -0.3 is 5.32 Å². The molecule has 0 bridgehead atoms. The van der Waals surface area contributed by atoms with Gasteiger partial charge in [0.1, 0.15) is 5.66 Å². The number of hydrogen-bond donors (Lipinski definition) is 2. The Morgan fingerprint density at radius 3 is 2.61 bits per heavy atom. The predicted molar refractivity (Wildman–Crippen MR) is 73.1 cm³/mol. The van der Waals surface area contributed by atoms with E-state index in [1.165, 1.54) is 12.8 Å². The number of nitrogens with zero attached hydrogens (tertiary/aromatic N) is 1. The van der Waals surface area contributed by atoms with Crippen LogP contribution in [0.1, 0.15) is 39.5 Å². The Hall–Kier alpha value is -1.55. The van der Waals surface area contributed by atoms with Crippen LogP contribution >= 0.6 is 0 Å². The van der Waals surface area contributed by atoms with Crippen LogP contribution in [-0.2, 0) is 0 Å². The van der Waals surface area contributed by atoms with Crippen LogP contribution in [0.15, 0.2) is 30.3 Å². The lowest BCUT2D eigenvalue weighted by Gasteiger charge is -2.24. The quantitative estimate of drug-likeness (QED) is 0.786. The average molecular weight is 247 g/mol. The summed E-state index contributed by atoms with van der Waals surface area (Å²) in [5, 5.41) is 4.60. The third-order valence-corrected chi connectivity index (χ3v) is 3.24. The van der Waals surface area contributed by atoms with E-state index < -0.39 is 0 Å². The first-order chi connectivity index (χ1) is 8.64. The van der Waals surface area contributed by atoms with Crippen LogP contribution < -0.4 is 15.8 Å². The Kier molecular flexibility index (Phi) is 3.87. The minimum Gasteiger partial charge on any atom is -0.317 e. The summed E-state index contributed by atoms with van der Waals surface area (Å²) in [5.41, 5.74) is 3.80. The van der Waals surface area contributed by atoms with Gasteiger partial charge in [-0.2, -0.15) is 0 Å². The lowest BCUT2D eigenvalue weighted by atomic mass is 10.1. The van der Waals surface area contributed by atoms with Gasteiger partial charge in [-0.15, -0.1) is 0 Å². The molecule has 0 saturated carbocycles. The Morgan fingerprint density at radius 1 is 1.22 bits per heavy atom. The molecule has 0 aromatic heterocycles. The van der Waals surface area contributed by atoms with Crippen LogP contribution in [0.25, 0.3) is 0 Å². The Bertz CT molecular complexity index is 407. The number of hydrazine groups is 1. The van der Waals surface area contributed by atoms with Crippen LogP contribution in [0.3, 0.4) is 0 Å². The second kappa shape index (κ2) is 5.40. The number of hydrogen-bond acceptors (Lipinski definition) is 2. The first-order valence-electron chi connectivity index (χ1n) is 6.60. The number of urea groups is 1. The Labute approximate surface area is 108 Å². The topological polar surface area (TPSA) is 44.4 Å². The molecule has 2 amide bonds. The van der Waals surface area contributed by atoms with Gasteiger partial charge in [0, 0.05) is 0 Å². The highest BCUT2D eigenvalue weighted by atomic mass is 16.2. The normalized spacial score (nSPS) is 23.2.